The van der Waals surface area contributed by atoms with Crippen molar-refractivity contribution < 1.29 is 21.6 Å². The maximum Gasteiger partial charge on any atom is 0.261 e. The molecule has 1 N–H and O–H groups in total. The SMILES string of the molecule is C[C@@H]1CCC[C@@H](C)N1S(=O)(=O)c1ccc(NS(=O)(=O)c2ccc3c(c2)CC(=O)N3C)cc1. The smallest absolute Gasteiger partial charge is 0.261 e. The number of hydrogen-bond acceptors (Lipinski definition) is 5. The Morgan fingerprint density at radius 3 is 2.12 bits per heavy atom. The lowest BCUT2D eigenvalue weighted by atomic mass is 10.0. The summed E-state index contributed by atoms with van der Waals surface area (Å²) >= 11 is 0. The van der Waals surface area contributed by atoms with Gasteiger partial charge in [-0.1, -0.05) is 6.42 Å². The van der Waals surface area contributed by atoms with Gasteiger partial charge in [0.05, 0.1) is 16.2 Å². The van der Waals surface area contributed by atoms with Gasteiger partial charge in [0.25, 0.3) is 10.0 Å². The van der Waals surface area contributed by atoms with Gasteiger partial charge in [0.1, 0.15) is 0 Å². The Hall–Kier alpha value is -2.43. The van der Waals surface area contributed by atoms with Gasteiger partial charge in [-0.2, -0.15) is 4.31 Å². The highest BCUT2D eigenvalue weighted by Gasteiger charge is 2.35. The summed E-state index contributed by atoms with van der Waals surface area (Å²) in [5.74, 6) is -0.0864. The summed E-state index contributed by atoms with van der Waals surface area (Å²) < 4.78 is 56.0. The second-order valence-electron chi connectivity index (χ2n) is 8.51. The number of piperidine rings is 1. The molecule has 1 fully saturated rings. The molecule has 0 radical (unpaired) electrons. The zero-order chi connectivity index (χ0) is 23.3. The van der Waals surface area contributed by atoms with Crippen molar-refractivity contribution in [3.05, 3.63) is 48.0 Å². The molecular weight excluding hydrogens is 450 g/mol. The van der Waals surface area contributed by atoms with Crippen molar-refractivity contribution in [1.29, 1.82) is 0 Å². The Morgan fingerprint density at radius 1 is 0.906 bits per heavy atom. The second kappa shape index (κ2) is 8.17. The van der Waals surface area contributed by atoms with E-state index in [0.717, 1.165) is 19.3 Å². The first-order valence-corrected chi connectivity index (χ1v) is 13.5. The van der Waals surface area contributed by atoms with Gasteiger partial charge < -0.3 is 4.90 Å². The van der Waals surface area contributed by atoms with Crippen LogP contribution in [0.25, 0.3) is 0 Å². The normalized spacial score (nSPS) is 22.1. The zero-order valence-electron chi connectivity index (χ0n) is 18.3. The molecule has 4 rings (SSSR count). The highest BCUT2D eigenvalue weighted by molar-refractivity contribution is 7.92. The number of fused-ring (bicyclic) bond motifs is 1. The van der Waals surface area contributed by atoms with Gasteiger partial charge in [0.2, 0.25) is 15.9 Å². The van der Waals surface area contributed by atoms with Crippen molar-refractivity contribution in [1.82, 2.24) is 4.31 Å². The van der Waals surface area contributed by atoms with E-state index in [9.17, 15) is 21.6 Å². The molecule has 2 aromatic rings. The molecule has 2 aliphatic rings. The second-order valence-corrected chi connectivity index (χ2v) is 12.0. The molecule has 8 nitrogen and oxygen atoms in total. The molecule has 1 amide bonds. The van der Waals surface area contributed by atoms with E-state index in [1.165, 1.54) is 41.3 Å². The Labute approximate surface area is 189 Å². The fourth-order valence-corrected chi connectivity index (χ4v) is 7.51. The van der Waals surface area contributed by atoms with Crippen LogP contribution >= 0.6 is 0 Å². The van der Waals surface area contributed by atoms with Crippen LogP contribution in [0.2, 0.25) is 0 Å². The number of benzene rings is 2. The van der Waals surface area contributed by atoms with Crippen LogP contribution in [0.3, 0.4) is 0 Å². The molecule has 0 saturated carbocycles. The van der Waals surface area contributed by atoms with Crippen LogP contribution in [0.1, 0.15) is 38.7 Å². The van der Waals surface area contributed by atoms with Crippen molar-refractivity contribution in [2.45, 2.75) is 61.4 Å². The minimum Gasteiger partial charge on any atom is -0.315 e. The molecule has 0 aliphatic carbocycles. The summed E-state index contributed by atoms with van der Waals surface area (Å²) in [6.07, 6.45) is 2.81. The molecule has 172 valence electrons. The van der Waals surface area contributed by atoms with Gasteiger partial charge in [-0.15, -0.1) is 0 Å². The lowest BCUT2D eigenvalue weighted by Gasteiger charge is -2.37. The van der Waals surface area contributed by atoms with Gasteiger partial charge >= 0.3 is 0 Å². The van der Waals surface area contributed by atoms with Crippen LogP contribution in [0.15, 0.2) is 52.3 Å². The molecule has 0 unspecified atom stereocenters. The predicted octanol–water partition coefficient (Wildman–Crippen LogP) is 2.96. The molecular formula is C22H27N3O5S2. The molecule has 32 heavy (non-hydrogen) atoms. The number of nitrogens with one attached hydrogen (secondary N) is 1. The van der Waals surface area contributed by atoms with Crippen LogP contribution in [0.4, 0.5) is 11.4 Å². The van der Waals surface area contributed by atoms with Crippen molar-refractivity contribution in [2.75, 3.05) is 16.7 Å². The van der Waals surface area contributed by atoms with E-state index in [1.807, 2.05) is 13.8 Å². The fraction of sp³-hybridized carbons (Fsp3) is 0.409. The number of sulfonamides is 2. The number of nitrogens with zero attached hydrogens (tertiary/aromatic N) is 2. The Bertz CT molecular complexity index is 1250. The lowest BCUT2D eigenvalue weighted by molar-refractivity contribution is -0.117. The first-order valence-electron chi connectivity index (χ1n) is 10.6. The molecule has 2 aliphatic heterocycles. The summed E-state index contributed by atoms with van der Waals surface area (Å²) in [4.78, 5) is 13.5. The molecule has 1 saturated heterocycles. The molecule has 0 bridgehead atoms. The Balaban J connectivity index is 1.55. The quantitative estimate of drug-likeness (QED) is 0.713. The van der Waals surface area contributed by atoms with Crippen LogP contribution in [0, 0.1) is 0 Å². The summed E-state index contributed by atoms with van der Waals surface area (Å²) in [7, 11) is -5.91. The number of rotatable bonds is 5. The van der Waals surface area contributed by atoms with Crippen LogP contribution in [0.5, 0.6) is 0 Å². The van der Waals surface area contributed by atoms with E-state index in [2.05, 4.69) is 4.72 Å². The number of likely N-dealkylation sites (N-methyl/N-ethyl adjacent to an activating group) is 1. The molecule has 10 heteroatoms. The average Bonchev–Trinajstić information content (AvgIpc) is 3.01. The van der Waals surface area contributed by atoms with Gasteiger partial charge in [-0.05, 0) is 74.7 Å². The number of anilines is 2. The van der Waals surface area contributed by atoms with Gasteiger partial charge in [-0.25, -0.2) is 16.8 Å². The third-order valence-corrected chi connectivity index (χ3v) is 9.75. The number of carbonyl (C=O) groups is 1. The number of carbonyl (C=O) groups excluding carboxylic acids is 1. The summed E-state index contributed by atoms with van der Waals surface area (Å²) in [6.45, 7) is 3.83. The summed E-state index contributed by atoms with van der Waals surface area (Å²) in [5.41, 5.74) is 1.62. The minimum atomic E-state index is -3.90. The van der Waals surface area contributed by atoms with Gasteiger partial charge in [0.15, 0.2) is 0 Å². The topological polar surface area (TPSA) is 104 Å². The lowest BCUT2D eigenvalue weighted by Crippen LogP contribution is -2.47. The minimum absolute atomic E-state index is 0.0482. The van der Waals surface area contributed by atoms with E-state index in [1.54, 1.807) is 17.4 Å². The maximum absolute atomic E-state index is 13.1. The van der Waals surface area contributed by atoms with E-state index in [0.29, 0.717) is 11.3 Å². The molecule has 2 heterocycles. The third kappa shape index (κ3) is 4.02. The Kier molecular flexibility index (Phi) is 5.81. The monoisotopic (exact) mass is 477 g/mol. The van der Waals surface area contributed by atoms with Gasteiger partial charge in [0, 0.05) is 30.5 Å². The molecule has 2 aromatic carbocycles. The zero-order valence-corrected chi connectivity index (χ0v) is 19.9. The van der Waals surface area contributed by atoms with E-state index >= 15 is 0 Å². The van der Waals surface area contributed by atoms with Crippen molar-refractivity contribution in [2.24, 2.45) is 0 Å². The molecule has 0 aromatic heterocycles. The van der Waals surface area contributed by atoms with Crippen molar-refractivity contribution in [3.8, 4) is 0 Å². The van der Waals surface area contributed by atoms with E-state index < -0.39 is 20.0 Å². The van der Waals surface area contributed by atoms with Crippen LogP contribution < -0.4 is 9.62 Å². The highest BCUT2D eigenvalue weighted by Crippen LogP contribution is 2.32. The maximum atomic E-state index is 13.1. The highest BCUT2D eigenvalue weighted by atomic mass is 32.2. The number of hydrogen-bond donors (Lipinski definition) is 1. The third-order valence-electron chi connectivity index (χ3n) is 6.23. The van der Waals surface area contributed by atoms with E-state index in [4.69, 9.17) is 0 Å². The summed E-state index contributed by atoms with van der Waals surface area (Å²) in [6, 6.07) is 10.2. The van der Waals surface area contributed by atoms with Gasteiger partial charge in [-0.3, -0.25) is 9.52 Å². The first-order chi connectivity index (χ1) is 15.0. The fourth-order valence-electron chi connectivity index (χ4n) is 4.52. The molecule has 0 spiro atoms. The predicted molar refractivity (Wildman–Crippen MR) is 123 cm³/mol. The number of amides is 1. The summed E-state index contributed by atoms with van der Waals surface area (Å²) in [5, 5.41) is 0. The van der Waals surface area contributed by atoms with Crippen LogP contribution in [-0.4, -0.2) is 46.2 Å². The van der Waals surface area contributed by atoms with E-state index in [-0.39, 0.29) is 39.9 Å². The first kappa shape index (κ1) is 22.8. The van der Waals surface area contributed by atoms with Crippen LogP contribution in [-0.2, 0) is 31.3 Å². The van der Waals surface area contributed by atoms with Crippen molar-refractivity contribution >= 4 is 37.3 Å². The van der Waals surface area contributed by atoms with Crippen molar-refractivity contribution in [3.63, 3.8) is 0 Å². The average molecular weight is 478 g/mol. The standard InChI is InChI=1S/C22H27N3O5S2/c1-15-5-4-6-16(2)25(15)32(29,30)19-9-7-18(8-10-19)23-31(27,28)20-11-12-21-17(13-20)14-22(26)24(21)3/h7-13,15-16,23H,4-6,14H2,1-3H3/t15-,16-/m1/s1. The largest absolute Gasteiger partial charge is 0.315 e. The Morgan fingerprint density at radius 2 is 1.50 bits per heavy atom. The molecule has 2 atom stereocenters.